The largest absolute Gasteiger partial charge is 0.497 e. The Morgan fingerprint density at radius 2 is 1.87 bits per heavy atom. The summed E-state index contributed by atoms with van der Waals surface area (Å²) in [5.41, 5.74) is 2.87. The lowest BCUT2D eigenvalue weighted by atomic mass is 9.69. The van der Waals surface area contributed by atoms with Gasteiger partial charge in [-0.15, -0.1) is 0 Å². The van der Waals surface area contributed by atoms with Gasteiger partial charge in [-0.3, -0.25) is 4.79 Å². The molecule has 3 aromatic rings. The van der Waals surface area contributed by atoms with Gasteiger partial charge in [-0.2, -0.15) is 5.10 Å². The lowest BCUT2D eigenvalue weighted by Crippen LogP contribution is -2.42. The van der Waals surface area contributed by atoms with Crippen molar-refractivity contribution in [3.05, 3.63) is 77.9 Å². The van der Waals surface area contributed by atoms with Crippen molar-refractivity contribution >= 4 is 5.91 Å². The molecule has 1 N–H and O–H groups in total. The molecule has 0 spiro atoms. The summed E-state index contributed by atoms with van der Waals surface area (Å²) < 4.78 is 7.05. The van der Waals surface area contributed by atoms with E-state index in [-0.39, 0.29) is 11.3 Å². The quantitative estimate of drug-likeness (QED) is 0.647. The van der Waals surface area contributed by atoms with Crippen LogP contribution in [0.25, 0.3) is 0 Å². The number of nitrogens with zero attached hydrogens (tertiary/aromatic N) is 3. The topological polar surface area (TPSA) is 69.0 Å². The van der Waals surface area contributed by atoms with Gasteiger partial charge in [0, 0.05) is 17.5 Å². The van der Waals surface area contributed by atoms with E-state index in [9.17, 15) is 4.79 Å². The first-order valence-corrected chi connectivity index (χ1v) is 10.5. The summed E-state index contributed by atoms with van der Waals surface area (Å²) in [4.78, 5) is 17.1. The average molecular weight is 405 g/mol. The smallest absolute Gasteiger partial charge is 0.251 e. The summed E-state index contributed by atoms with van der Waals surface area (Å²) in [5.74, 6) is 0.819. The molecule has 156 valence electrons. The normalized spacial score (nSPS) is 15.5. The maximum absolute atomic E-state index is 13.1. The Balaban J connectivity index is 1.52. The fraction of sp³-hybridized carbons (Fsp3) is 0.375. The predicted molar refractivity (Wildman–Crippen MR) is 116 cm³/mol. The average Bonchev–Trinajstić information content (AvgIpc) is 3.32. The number of rotatable bonds is 7. The number of ether oxygens (including phenoxy) is 1. The van der Waals surface area contributed by atoms with Crippen LogP contribution in [-0.4, -0.2) is 34.3 Å². The van der Waals surface area contributed by atoms with Crippen LogP contribution in [0.1, 0.15) is 53.6 Å². The van der Waals surface area contributed by atoms with Crippen LogP contribution in [0.3, 0.4) is 0 Å². The van der Waals surface area contributed by atoms with Crippen LogP contribution in [0.4, 0.5) is 0 Å². The minimum atomic E-state index is -0.0378. The Labute approximate surface area is 177 Å². The van der Waals surface area contributed by atoms with E-state index in [1.807, 2.05) is 36.4 Å². The molecule has 1 fully saturated rings. The van der Waals surface area contributed by atoms with Crippen molar-refractivity contribution in [1.82, 2.24) is 20.1 Å². The molecule has 2 aromatic carbocycles. The molecule has 4 rings (SSSR count). The van der Waals surface area contributed by atoms with Gasteiger partial charge in [0.1, 0.15) is 18.4 Å². The molecule has 30 heavy (non-hydrogen) atoms. The van der Waals surface area contributed by atoms with Gasteiger partial charge in [-0.1, -0.05) is 49.6 Å². The highest BCUT2D eigenvalue weighted by Crippen LogP contribution is 2.39. The van der Waals surface area contributed by atoms with E-state index < -0.39 is 0 Å². The third kappa shape index (κ3) is 4.37. The van der Waals surface area contributed by atoms with Crippen molar-refractivity contribution in [1.29, 1.82) is 0 Å². The van der Waals surface area contributed by atoms with Gasteiger partial charge in [0.15, 0.2) is 0 Å². The summed E-state index contributed by atoms with van der Waals surface area (Å²) >= 11 is 0. The summed E-state index contributed by atoms with van der Waals surface area (Å²) in [6.45, 7) is 1.16. The first kappa shape index (κ1) is 20.1. The molecule has 1 aliphatic rings. The fourth-order valence-electron chi connectivity index (χ4n) is 4.45. The lowest BCUT2D eigenvalue weighted by Gasteiger charge is -2.38. The Hall–Kier alpha value is -3.15. The van der Waals surface area contributed by atoms with Gasteiger partial charge < -0.3 is 10.1 Å². The molecule has 1 saturated carbocycles. The Bertz CT molecular complexity index is 961. The first-order chi connectivity index (χ1) is 14.7. The van der Waals surface area contributed by atoms with Crippen LogP contribution >= 0.6 is 0 Å². The van der Waals surface area contributed by atoms with E-state index in [2.05, 4.69) is 27.5 Å². The molecule has 0 radical (unpaired) electrons. The zero-order valence-corrected chi connectivity index (χ0v) is 17.4. The molecule has 1 aromatic heterocycles. The zero-order chi connectivity index (χ0) is 20.8. The Morgan fingerprint density at radius 1 is 1.10 bits per heavy atom. The number of aromatic nitrogens is 3. The summed E-state index contributed by atoms with van der Waals surface area (Å²) in [6, 6.07) is 16.0. The van der Waals surface area contributed by atoms with E-state index in [1.54, 1.807) is 18.1 Å². The number of hydrogen-bond acceptors (Lipinski definition) is 4. The zero-order valence-electron chi connectivity index (χ0n) is 17.4. The number of nitrogens with one attached hydrogen (secondary N) is 1. The minimum absolute atomic E-state index is 0.0268. The van der Waals surface area contributed by atoms with Crippen molar-refractivity contribution in [3.63, 3.8) is 0 Å². The molecule has 0 atom stereocenters. The van der Waals surface area contributed by atoms with Gasteiger partial charge in [0.05, 0.1) is 13.7 Å². The highest BCUT2D eigenvalue weighted by molar-refractivity contribution is 5.95. The van der Waals surface area contributed by atoms with Gasteiger partial charge in [0.25, 0.3) is 5.91 Å². The molecule has 1 aliphatic carbocycles. The predicted octanol–water partition coefficient (Wildman–Crippen LogP) is 3.97. The molecule has 0 unspecified atom stereocenters. The van der Waals surface area contributed by atoms with Gasteiger partial charge in [0.2, 0.25) is 0 Å². The van der Waals surface area contributed by atoms with E-state index in [0.717, 1.165) is 24.2 Å². The van der Waals surface area contributed by atoms with Crippen molar-refractivity contribution in [2.24, 2.45) is 0 Å². The standard InChI is InChI=1S/C24H28N4O2/c1-30-21-11-9-20(10-12-21)24(13-5-2-6-14-24)16-26-23(29)22-8-4-3-7-19(22)15-28-18-25-17-27-28/h3-4,7-12,17-18H,2,5-6,13-16H2,1H3,(H,26,29). The third-order valence-electron chi connectivity index (χ3n) is 6.16. The van der Waals surface area contributed by atoms with Gasteiger partial charge in [-0.05, 0) is 42.2 Å². The van der Waals surface area contributed by atoms with Crippen LogP contribution < -0.4 is 10.1 Å². The molecular weight excluding hydrogens is 376 g/mol. The molecule has 6 heteroatoms. The van der Waals surface area contributed by atoms with E-state index in [4.69, 9.17) is 4.74 Å². The second kappa shape index (κ2) is 9.11. The summed E-state index contributed by atoms with van der Waals surface area (Å²) in [7, 11) is 1.68. The second-order valence-corrected chi connectivity index (χ2v) is 8.00. The molecule has 1 heterocycles. The Morgan fingerprint density at radius 3 is 2.57 bits per heavy atom. The molecule has 0 bridgehead atoms. The van der Waals surface area contributed by atoms with E-state index in [1.165, 1.54) is 31.2 Å². The van der Waals surface area contributed by atoms with Crippen molar-refractivity contribution in [2.45, 2.75) is 44.1 Å². The monoisotopic (exact) mass is 404 g/mol. The van der Waals surface area contributed by atoms with Crippen molar-refractivity contribution in [2.75, 3.05) is 13.7 Å². The summed E-state index contributed by atoms with van der Waals surface area (Å²) in [6.07, 6.45) is 8.96. The molecule has 6 nitrogen and oxygen atoms in total. The number of benzene rings is 2. The number of methoxy groups -OCH3 is 1. The van der Waals surface area contributed by atoms with Crippen LogP contribution in [0, 0.1) is 0 Å². The third-order valence-corrected chi connectivity index (χ3v) is 6.16. The van der Waals surface area contributed by atoms with E-state index >= 15 is 0 Å². The highest BCUT2D eigenvalue weighted by Gasteiger charge is 2.34. The molecule has 1 amide bonds. The number of carbonyl (C=O) groups excluding carboxylic acids is 1. The highest BCUT2D eigenvalue weighted by atomic mass is 16.5. The summed E-state index contributed by atoms with van der Waals surface area (Å²) in [5, 5.41) is 7.40. The molecule has 0 saturated heterocycles. The van der Waals surface area contributed by atoms with Gasteiger partial charge in [-0.25, -0.2) is 9.67 Å². The van der Waals surface area contributed by atoms with Crippen molar-refractivity contribution in [3.8, 4) is 5.75 Å². The number of amides is 1. The maximum atomic E-state index is 13.1. The van der Waals surface area contributed by atoms with Crippen LogP contribution in [0.5, 0.6) is 5.75 Å². The minimum Gasteiger partial charge on any atom is -0.497 e. The number of hydrogen-bond donors (Lipinski definition) is 1. The molecular formula is C24H28N4O2. The SMILES string of the molecule is COc1ccc(C2(CNC(=O)c3ccccc3Cn3cncn3)CCCCC2)cc1. The maximum Gasteiger partial charge on any atom is 0.251 e. The first-order valence-electron chi connectivity index (χ1n) is 10.5. The van der Waals surface area contributed by atoms with Crippen molar-refractivity contribution < 1.29 is 9.53 Å². The lowest BCUT2D eigenvalue weighted by molar-refractivity contribution is 0.0935. The second-order valence-electron chi connectivity index (χ2n) is 8.00. The van der Waals surface area contributed by atoms with Gasteiger partial charge >= 0.3 is 0 Å². The van der Waals surface area contributed by atoms with Crippen LogP contribution in [0.15, 0.2) is 61.2 Å². The van der Waals surface area contributed by atoms with E-state index in [0.29, 0.717) is 18.7 Å². The number of carbonyl (C=O) groups is 1. The molecule has 0 aliphatic heterocycles. The van der Waals surface area contributed by atoms with Crippen LogP contribution in [-0.2, 0) is 12.0 Å². The van der Waals surface area contributed by atoms with Crippen LogP contribution in [0.2, 0.25) is 0 Å². The Kier molecular flexibility index (Phi) is 6.12. The fourth-order valence-corrected chi connectivity index (χ4v) is 4.45.